The summed E-state index contributed by atoms with van der Waals surface area (Å²) in [6, 6.07) is 2.12. The number of hydrogen-bond donors (Lipinski definition) is 1. The molecule has 0 spiro atoms. The van der Waals surface area contributed by atoms with E-state index in [4.69, 9.17) is 10.5 Å². The van der Waals surface area contributed by atoms with Crippen molar-refractivity contribution in [1.29, 1.82) is 0 Å². The van der Waals surface area contributed by atoms with Crippen LogP contribution < -0.4 is 10.5 Å². The van der Waals surface area contributed by atoms with E-state index in [9.17, 15) is 13.6 Å². The molecule has 0 amide bonds. The zero-order valence-electron chi connectivity index (χ0n) is 9.33. The summed E-state index contributed by atoms with van der Waals surface area (Å²) in [5.74, 6) is -3.08. The van der Waals surface area contributed by atoms with Gasteiger partial charge >= 0.3 is 5.97 Å². The number of rotatable bonds is 5. The van der Waals surface area contributed by atoms with Crippen molar-refractivity contribution in [2.45, 2.75) is 13.5 Å². The summed E-state index contributed by atoms with van der Waals surface area (Å²) >= 11 is 0. The standard InChI is InChI=1S/C11H13F2NO3/c1-2-16-10(15)6-17-11-8(12)3-7(5-14)4-9(11)13/h3-4H,2,5-6,14H2,1H3. The molecule has 0 aromatic heterocycles. The Hall–Kier alpha value is -1.69. The van der Waals surface area contributed by atoms with E-state index >= 15 is 0 Å². The molecule has 1 aromatic rings. The van der Waals surface area contributed by atoms with E-state index in [2.05, 4.69) is 4.74 Å². The zero-order valence-corrected chi connectivity index (χ0v) is 9.33. The second kappa shape index (κ2) is 6.15. The molecule has 0 aliphatic carbocycles. The molecule has 17 heavy (non-hydrogen) atoms. The van der Waals surface area contributed by atoms with Gasteiger partial charge in [-0.15, -0.1) is 0 Å². The summed E-state index contributed by atoms with van der Waals surface area (Å²) in [7, 11) is 0. The first kappa shape index (κ1) is 13.4. The van der Waals surface area contributed by atoms with Crippen molar-refractivity contribution in [3.05, 3.63) is 29.3 Å². The molecule has 0 aliphatic rings. The van der Waals surface area contributed by atoms with Crippen molar-refractivity contribution in [1.82, 2.24) is 0 Å². The summed E-state index contributed by atoms with van der Waals surface area (Å²) < 4.78 is 36.0. The Labute approximate surface area is 97.3 Å². The second-order valence-corrected chi connectivity index (χ2v) is 3.19. The molecule has 0 radical (unpaired) electrons. The molecule has 0 heterocycles. The van der Waals surface area contributed by atoms with Crippen LogP contribution in [0.25, 0.3) is 0 Å². The van der Waals surface area contributed by atoms with Crippen LogP contribution in [0.15, 0.2) is 12.1 Å². The van der Waals surface area contributed by atoms with Crippen molar-refractivity contribution in [2.24, 2.45) is 5.73 Å². The fourth-order valence-electron chi connectivity index (χ4n) is 1.20. The lowest BCUT2D eigenvalue weighted by Crippen LogP contribution is -2.16. The number of carbonyl (C=O) groups is 1. The Bertz CT molecular complexity index is 387. The van der Waals surface area contributed by atoms with Crippen LogP contribution in [-0.2, 0) is 16.1 Å². The average molecular weight is 245 g/mol. The van der Waals surface area contributed by atoms with Gasteiger partial charge in [0.1, 0.15) is 0 Å². The molecule has 0 atom stereocenters. The van der Waals surface area contributed by atoms with Crippen LogP contribution in [0.1, 0.15) is 12.5 Å². The molecule has 94 valence electrons. The van der Waals surface area contributed by atoms with Gasteiger partial charge in [-0.3, -0.25) is 0 Å². The summed E-state index contributed by atoms with van der Waals surface area (Å²) in [6.07, 6.45) is 0. The lowest BCUT2D eigenvalue weighted by atomic mass is 10.2. The van der Waals surface area contributed by atoms with Crippen molar-refractivity contribution in [3.63, 3.8) is 0 Å². The van der Waals surface area contributed by atoms with Crippen LogP contribution >= 0.6 is 0 Å². The minimum Gasteiger partial charge on any atom is -0.476 e. The molecule has 2 N–H and O–H groups in total. The number of nitrogens with two attached hydrogens (primary N) is 1. The molecule has 6 heteroatoms. The number of carbonyl (C=O) groups excluding carboxylic acids is 1. The van der Waals surface area contributed by atoms with Crippen LogP contribution in [-0.4, -0.2) is 19.2 Å². The van der Waals surface area contributed by atoms with E-state index in [0.29, 0.717) is 5.56 Å². The van der Waals surface area contributed by atoms with Gasteiger partial charge in [-0.05, 0) is 24.6 Å². The van der Waals surface area contributed by atoms with Crippen LogP contribution in [0.2, 0.25) is 0 Å². The third kappa shape index (κ3) is 3.67. The minimum atomic E-state index is -0.894. The highest BCUT2D eigenvalue weighted by Crippen LogP contribution is 2.23. The van der Waals surface area contributed by atoms with Gasteiger partial charge in [-0.2, -0.15) is 0 Å². The van der Waals surface area contributed by atoms with Crippen molar-refractivity contribution in [2.75, 3.05) is 13.2 Å². The molecule has 0 saturated carbocycles. The maximum Gasteiger partial charge on any atom is 0.344 e. The average Bonchev–Trinajstić information content (AvgIpc) is 2.28. The number of esters is 1. The minimum absolute atomic E-state index is 0.0198. The molecule has 4 nitrogen and oxygen atoms in total. The summed E-state index contributed by atoms with van der Waals surface area (Å²) in [6.45, 7) is 1.28. The van der Waals surface area contributed by atoms with Gasteiger partial charge in [-0.25, -0.2) is 13.6 Å². The first-order valence-corrected chi connectivity index (χ1v) is 5.04. The van der Waals surface area contributed by atoms with Crippen LogP contribution in [0.4, 0.5) is 8.78 Å². The highest BCUT2D eigenvalue weighted by molar-refractivity contribution is 5.71. The Morgan fingerprint density at radius 2 is 1.94 bits per heavy atom. The van der Waals surface area contributed by atoms with Gasteiger partial charge in [0.2, 0.25) is 0 Å². The normalized spacial score (nSPS) is 10.1. The number of benzene rings is 1. The fourth-order valence-corrected chi connectivity index (χ4v) is 1.20. The third-order valence-corrected chi connectivity index (χ3v) is 1.93. The molecular weight excluding hydrogens is 232 g/mol. The van der Waals surface area contributed by atoms with E-state index in [0.717, 1.165) is 12.1 Å². The van der Waals surface area contributed by atoms with E-state index in [1.54, 1.807) is 6.92 Å². The molecule has 1 rings (SSSR count). The van der Waals surface area contributed by atoms with Gasteiger partial charge < -0.3 is 15.2 Å². The molecule has 0 unspecified atom stereocenters. The smallest absolute Gasteiger partial charge is 0.344 e. The van der Waals surface area contributed by atoms with Crippen molar-refractivity contribution in [3.8, 4) is 5.75 Å². The lowest BCUT2D eigenvalue weighted by Gasteiger charge is -2.09. The van der Waals surface area contributed by atoms with Crippen LogP contribution in [0, 0.1) is 11.6 Å². The largest absolute Gasteiger partial charge is 0.476 e. The highest BCUT2D eigenvalue weighted by atomic mass is 19.1. The molecular formula is C11H13F2NO3. The van der Waals surface area contributed by atoms with Crippen LogP contribution in [0.3, 0.4) is 0 Å². The van der Waals surface area contributed by atoms with Gasteiger partial charge in [-0.1, -0.05) is 0 Å². The molecule has 1 aromatic carbocycles. The SMILES string of the molecule is CCOC(=O)COc1c(F)cc(CN)cc1F. The van der Waals surface area contributed by atoms with Crippen molar-refractivity contribution >= 4 is 5.97 Å². The second-order valence-electron chi connectivity index (χ2n) is 3.19. The highest BCUT2D eigenvalue weighted by Gasteiger charge is 2.14. The van der Waals surface area contributed by atoms with Crippen LogP contribution in [0.5, 0.6) is 5.75 Å². The number of halogens is 2. The third-order valence-electron chi connectivity index (χ3n) is 1.93. The first-order valence-electron chi connectivity index (χ1n) is 5.04. The Kier molecular flexibility index (Phi) is 4.84. The predicted octanol–water partition coefficient (Wildman–Crippen LogP) is 1.37. The molecule has 0 saturated heterocycles. The fraction of sp³-hybridized carbons (Fsp3) is 0.364. The summed E-state index contributed by atoms with van der Waals surface area (Å²) in [4.78, 5) is 10.9. The Morgan fingerprint density at radius 1 is 1.35 bits per heavy atom. The maximum absolute atomic E-state index is 13.4. The Morgan fingerprint density at radius 3 is 2.41 bits per heavy atom. The number of ether oxygens (including phenoxy) is 2. The molecule has 0 bridgehead atoms. The van der Waals surface area contributed by atoms with E-state index in [1.807, 2.05) is 0 Å². The Balaban J connectivity index is 2.74. The van der Waals surface area contributed by atoms with E-state index in [1.165, 1.54) is 0 Å². The monoisotopic (exact) mass is 245 g/mol. The maximum atomic E-state index is 13.4. The molecule has 0 aliphatic heterocycles. The molecule has 0 fully saturated rings. The summed E-state index contributed by atoms with van der Waals surface area (Å²) in [5, 5.41) is 0. The zero-order chi connectivity index (χ0) is 12.8. The quantitative estimate of drug-likeness (QED) is 0.796. The van der Waals surface area contributed by atoms with E-state index in [-0.39, 0.29) is 13.2 Å². The van der Waals surface area contributed by atoms with Gasteiger partial charge in [0.25, 0.3) is 0 Å². The lowest BCUT2D eigenvalue weighted by molar-refractivity contribution is -0.145. The van der Waals surface area contributed by atoms with Gasteiger partial charge in [0.15, 0.2) is 24.0 Å². The van der Waals surface area contributed by atoms with E-state index < -0.39 is 30.0 Å². The number of hydrogen-bond acceptors (Lipinski definition) is 4. The predicted molar refractivity (Wildman–Crippen MR) is 56.4 cm³/mol. The topological polar surface area (TPSA) is 61.5 Å². The summed E-state index contributed by atoms with van der Waals surface area (Å²) in [5.41, 5.74) is 5.56. The van der Waals surface area contributed by atoms with Crippen molar-refractivity contribution < 1.29 is 23.0 Å². The van der Waals surface area contributed by atoms with Gasteiger partial charge in [0.05, 0.1) is 6.61 Å². The van der Waals surface area contributed by atoms with Gasteiger partial charge in [0, 0.05) is 6.54 Å². The first-order chi connectivity index (χ1) is 8.08.